The van der Waals surface area contributed by atoms with E-state index < -0.39 is 0 Å². The summed E-state index contributed by atoms with van der Waals surface area (Å²) >= 11 is 0. The van der Waals surface area contributed by atoms with Crippen LogP contribution in [0.15, 0.2) is 71.4 Å². The van der Waals surface area contributed by atoms with E-state index in [2.05, 4.69) is 70.6 Å². The second-order valence-corrected chi connectivity index (χ2v) is 7.61. The Hall–Kier alpha value is -2.68. The molecule has 2 aliphatic heterocycles. The predicted molar refractivity (Wildman–Crippen MR) is 114 cm³/mol. The van der Waals surface area contributed by atoms with Gasteiger partial charge in [-0.2, -0.15) is 0 Å². The fourth-order valence-electron chi connectivity index (χ4n) is 4.25. The second-order valence-electron chi connectivity index (χ2n) is 7.61. The molecule has 2 aromatic rings. The van der Waals surface area contributed by atoms with Crippen LogP contribution in [0.25, 0.3) is 11.1 Å². The van der Waals surface area contributed by atoms with Crippen molar-refractivity contribution >= 4 is 11.4 Å². The van der Waals surface area contributed by atoms with Crippen molar-refractivity contribution < 1.29 is 0 Å². The number of hydrogen-bond acceptors (Lipinski definition) is 3. The number of nitrogens with one attached hydrogen (secondary N) is 1. The van der Waals surface area contributed by atoms with Gasteiger partial charge in [-0.05, 0) is 48.4 Å². The van der Waals surface area contributed by atoms with E-state index in [4.69, 9.17) is 5.41 Å². The summed E-state index contributed by atoms with van der Waals surface area (Å²) in [6.07, 6.45) is 5.25. The van der Waals surface area contributed by atoms with Crippen LogP contribution in [0.3, 0.4) is 0 Å². The van der Waals surface area contributed by atoms with E-state index >= 15 is 0 Å². The van der Waals surface area contributed by atoms with Crippen LogP contribution in [-0.4, -0.2) is 36.0 Å². The first-order valence-electron chi connectivity index (χ1n) is 9.88. The molecule has 2 aliphatic rings. The average Bonchev–Trinajstić information content (AvgIpc) is 3.16. The molecule has 1 N–H and O–H groups in total. The number of benzene rings is 2. The Morgan fingerprint density at radius 1 is 1.04 bits per heavy atom. The molecule has 4 rings (SSSR count). The Morgan fingerprint density at radius 3 is 2.48 bits per heavy atom. The highest BCUT2D eigenvalue weighted by atomic mass is 15.2. The molecule has 2 aromatic carbocycles. The maximum absolute atomic E-state index is 7.66. The van der Waals surface area contributed by atoms with Crippen LogP contribution >= 0.6 is 0 Å². The van der Waals surface area contributed by atoms with E-state index in [-0.39, 0.29) is 0 Å². The molecule has 27 heavy (non-hydrogen) atoms. The molecule has 0 atom stereocenters. The molecule has 0 spiro atoms. The number of piperidine rings is 1. The first kappa shape index (κ1) is 17.7. The normalized spacial score (nSPS) is 17.6. The topological polar surface area (TPSA) is 39.5 Å². The van der Waals surface area contributed by atoms with Crippen LogP contribution < -0.4 is 0 Å². The van der Waals surface area contributed by atoms with E-state index in [0.717, 1.165) is 25.3 Å². The monoisotopic (exact) mass is 357 g/mol. The lowest BCUT2D eigenvalue weighted by molar-refractivity contribution is 0.262. The SMILES string of the molecule is CC(=N)CC1=NCC(N2CCC(c3ccccc3-c3ccccc3)CC2)=C1. The lowest BCUT2D eigenvalue weighted by Crippen LogP contribution is -2.33. The highest BCUT2D eigenvalue weighted by Crippen LogP contribution is 2.36. The van der Waals surface area contributed by atoms with Gasteiger partial charge in [-0.15, -0.1) is 0 Å². The Bertz CT molecular complexity index is 872. The summed E-state index contributed by atoms with van der Waals surface area (Å²) in [7, 11) is 0. The fourth-order valence-corrected chi connectivity index (χ4v) is 4.25. The van der Waals surface area contributed by atoms with Crippen LogP contribution in [-0.2, 0) is 0 Å². The zero-order valence-corrected chi connectivity index (χ0v) is 16.0. The molecular weight excluding hydrogens is 330 g/mol. The summed E-state index contributed by atoms with van der Waals surface area (Å²) in [5.74, 6) is 0.615. The molecule has 138 valence electrons. The molecule has 3 heteroatoms. The fraction of sp³-hybridized carbons (Fsp3) is 0.333. The van der Waals surface area contributed by atoms with Gasteiger partial charge >= 0.3 is 0 Å². The maximum Gasteiger partial charge on any atom is 0.0792 e. The van der Waals surface area contributed by atoms with Gasteiger partial charge < -0.3 is 10.3 Å². The van der Waals surface area contributed by atoms with Crippen molar-refractivity contribution in [3.05, 3.63) is 71.9 Å². The van der Waals surface area contributed by atoms with Crippen molar-refractivity contribution in [3.63, 3.8) is 0 Å². The first-order valence-corrected chi connectivity index (χ1v) is 9.88. The van der Waals surface area contributed by atoms with Crippen molar-refractivity contribution in [1.82, 2.24) is 4.90 Å². The standard InChI is InChI=1S/C24H27N3/c1-18(25)15-21-16-22(17-26-21)27-13-11-20(12-14-27)24-10-6-5-9-23(24)19-7-3-2-4-8-19/h2-10,16,20,25H,11-15,17H2,1H3. The minimum absolute atomic E-state index is 0.615. The summed E-state index contributed by atoms with van der Waals surface area (Å²) in [5.41, 5.74) is 7.26. The lowest BCUT2D eigenvalue weighted by atomic mass is 9.84. The lowest BCUT2D eigenvalue weighted by Gasteiger charge is -2.35. The highest BCUT2D eigenvalue weighted by molar-refractivity contribution is 6.09. The van der Waals surface area contributed by atoms with Crippen molar-refractivity contribution in [3.8, 4) is 11.1 Å². The van der Waals surface area contributed by atoms with Crippen LogP contribution in [0.2, 0.25) is 0 Å². The van der Waals surface area contributed by atoms with Gasteiger partial charge in [0, 0.05) is 36.6 Å². The first-order chi connectivity index (χ1) is 13.2. The zero-order chi connectivity index (χ0) is 18.6. The van der Waals surface area contributed by atoms with Gasteiger partial charge in [0.2, 0.25) is 0 Å². The molecule has 1 fully saturated rings. The van der Waals surface area contributed by atoms with E-state index in [9.17, 15) is 0 Å². The average molecular weight is 358 g/mol. The zero-order valence-electron chi connectivity index (χ0n) is 16.0. The van der Waals surface area contributed by atoms with E-state index in [1.807, 2.05) is 6.92 Å². The van der Waals surface area contributed by atoms with Crippen LogP contribution in [0.5, 0.6) is 0 Å². The minimum Gasteiger partial charge on any atom is -0.373 e. The highest BCUT2D eigenvalue weighted by Gasteiger charge is 2.25. The van der Waals surface area contributed by atoms with Gasteiger partial charge in [0.05, 0.1) is 6.54 Å². The molecule has 0 radical (unpaired) electrons. The molecule has 1 saturated heterocycles. The van der Waals surface area contributed by atoms with Crippen molar-refractivity contribution in [2.75, 3.05) is 19.6 Å². The summed E-state index contributed by atoms with van der Waals surface area (Å²) < 4.78 is 0. The van der Waals surface area contributed by atoms with Crippen molar-refractivity contribution in [2.45, 2.75) is 32.1 Å². The molecule has 0 amide bonds. The second kappa shape index (κ2) is 7.91. The Kier molecular flexibility index (Phi) is 5.19. The number of aliphatic imine (C=N–C) groups is 1. The van der Waals surface area contributed by atoms with E-state index in [0.29, 0.717) is 18.1 Å². The molecule has 0 saturated carbocycles. The number of nitrogens with zero attached hydrogens (tertiary/aromatic N) is 2. The summed E-state index contributed by atoms with van der Waals surface area (Å²) in [5, 5.41) is 7.66. The summed E-state index contributed by atoms with van der Waals surface area (Å²) in [6, 6.07) is 19.6. The van der Waals surface area contributed by atoms with E-state index in [1.54, 1.807) is 0 Å². The summed E-state index contributed by atoms with van der Waals surface area (Å²) in [4.78, 5) is 7.10. The Balaban J connectivity index is 1.45. The van der Waals surface area contributed by atoms with Crippen molar-refractivity contribution in [1.29, 1.82) is 5.41 Å². The third kappa shape index (κ3) is 4.02. The molecule has 0 aromatic heterocycles. The smallest absolute Gasteiger partial charge is 0.0792 e. The Labute approximate surface area is 162 Å². The van der Waals surface area contributed by atoms with Gasteiger partial charge in [0.25, 0.3) is 0 Å². The molecule has 0 bridgehead atoms. The largest absolute Gasteiger partial charge is 0.373 e. The quantitative estimate of drug-likeness (QED) is 0.725. The van der Waals surface area contributed by atoms with Crippen LogP contribution in [0.4, 0.5) is 0 Å². The number of hydrogen-bond donors (Lipinski definition) is 1. The van der Waals surface area contributed by atoms with Crippen LogP contribution in [0, 0.1) is 5.41 Å². The minimum atomic E-state index is 0.615. The van der Waals surface area contributed by atoms with Crippen molar-refractivity contribution in [2.24, 2.45) is 4.99 Å². The molecular formula is C24H27N3. The van der Waals surface area contributed by atoms with Gasteiger partial charge in [0.1, 0.15) is 0 Å². The number of rotatable bonds is 5. The Morgan fingerprint density at radius 2 is 1.74 bits per heavy atom. The number of likely N-dealkylation sites (tertiary alicyclic amines) is 1. The molecule has 0 aliphatic carbocycles. The third-order valence-electron chi connectivity index (χ3n) is 5.61. The van der Waals surface area contributed by atoms with E-state index in [1.165, 1.54) is 35.2 Å². The predicted octanol–water partition coefficient (Wildman–Crippen LogP) is 5.30. The van der Waals surface area contributed by atoms with Gasteiger partial charge in [-0.25, -0.2) is 0 Å². The molecule has 3 nitrogen and oxygen atoms in total. The van der Waals surface area contributed by atoms with Gasteiger partial charge in [-0.3, -0.25) is 4.99 Å². The van der Waals surface area contributed by atoms with Crippen LogP contribution in [0.1, 0.15) is 37.7 Å². The molecule has 0 unspecified atom stereocenters. The van der Waals surface area contributed by atoms with Gasteiger partial charge in [-0.1, -0.05) is 54.6 Å². The molecule has 2 heterocycles. The number of allylic oxidation sites excluding steroid dienone is 1. The maximum atomic E-state index is 7.66. The third-order valence-corrected chi connectivity index (χ3v) is 5.61. The summed E-state index contributed by atoms with van der Waals surface area (Å²) in [6.45, 7) is 4.82. The van der Waals surface area contributed by atoms with Gasteiger partial charge in [0.15, 0.2) is 0 Å².